The highest BCUT2D eigenvalue weighted by Gasteiger charge is 2.33. The number of aliphatic hydroxyl groups is 2. The molecule has 2 aromatic rings. The number of carbonyl (C=O) groups excluding carboxylic acids is 3. The number of carbonyl (C=O) groups is 4. The first-order chi connectivity index (χ1) is 17.5. The molecule has 0 aromatic heterocycles. The summed E-state index contributed by atoms with van der Waals surface area (Å²) in [7, 11) is 0. The molecule has 12 nitrogen and oxygen atoms in total. The second-order valence-corrected chi connectivity index (χ2v) is 8.54. The van der Waals surface area contributed by atoms with Gasteiger partial charge in [0.1, 0.15) is 29.9 Å². The van der Waals surface area contributed by atoms with Crippen molar-refractivity contribution >= 4 is 23.7 Å². The third-order valence-corrected chi connectivity index (χ3v) is 5.50. The van der Waals surface area contributed by atoms with E-state index >= 15 is 0 Å². The minimum atomic E-state index is -1.55. The summed E-state index contributed by atoms with van der Waals surface area (Å²) in [5.41, 5.74) is 6.74. The first-order valence-electron chi connectivity index (χ1n) is 11.5. The van der Waals surface area contributed by atoms with Gasteiger partial charge in [0.15, 0.2) is 0 Å². The van der Waals surface area contributed by atoms with Crippen LogP contribution in [0.15, 0.2) is 54.6 Å². The Labute approximate surface area is 213 Å². The van der Waals surface area contributed by atoms with Crippen LogP contribution in [0, 0.1) is 0 Å². The van der Waals surface area contributed by atoms with Crippen LogP contribution in [0.25, 0.3) is 0 Å². The van der Waals surface area contributed by atoms with Gasteiger partial charge in [-0.15, -0.1) is 0 Å². The molecule has 2 rings (SSSR count). The van der Waals surface area contributed by atoms with E-state index in [1.165, 1.54) is 31.2 Å². The van der Waals surface area contributed by atoms with E-state index in [0.717, 1.165) is 0 Å². The Bertz CT molecular complexity index is 1060. The standard InChI is InChI=1S/C25H32N4O8/c1-14(31)21(24(35)28-20(25(36)37)12-16-7-9-17(32)10-8-16)29-23(34)19(27-22(33)18(26)13-30)11-15-5-3-2-4-6-15/h2-10,14,18-21,30-32H,11-13,26H2,1H3,(H,27,33)(H,28,35)(H,29,34)(H,36,37). The summed E-state index contributed by atoms with van der Waals surface area (Å²) in [5, 5.41) is 45.4. The number of nitrogens with two attached hydrogens (primary N) is 1. The first-order valence-corrected chi connectivity index (χ1v) is 11.5. The fourth-order valence-corrected chi connectivity index (χ4v) is 3.41. The van der Waals surface area contributed by atoms with Gasteiger partial charge in [-0.2, -0.15) is 0 Å². The van der Waals surface area contributed by atoms with Gasteiger partial charge in [-0.05, 0) is 30.2 Å². The number of aromatic hydroxyl groups is 1. The second kappa shape index (κ2) is 13.9. The number of benzene rings is 2. The molecule has 37 heavy (non-hydrogen) atoms. The van der Waals surface area contributed by atoms with E-state index in [0.29, 0.717) is 11.1 Å². The van der Waals surface area contributed by atoms with Gasteiger partial charge in [0.05, 0.1) is 12.7 Å². The SMILES string of the molecule is CC(O)C(NC(=O)C(Cc1ccccc1)NC(=O)C(N)CO)C(=O)NC(Cc1ccc(O)cc1)C(=O)O. The summed E-state index contributed by atoms with van der Waals surface area (Å²) in [5.74, 6) is -3.92. The van der Waals surface area contributed by atoms with Crippen molar-refractivity contribution in [3.8, 4) is 5.75 Å². The normalized spacial score (nSPS) is 14.9. The molecule has 0 aliphatic heterocycles. The van der Waals surface area contributed by atoms with Crippen molar-refractivity contribution in [2.45, 2.75) is 50.0 Å². The average Bonchev–Trinajstić information content (AvgIpc) is 2.87. The highest BCUT2D eigenvalue weighted by molar-refractivity contribution is 5.94. The van der Waals surface area contributed by atoms with Gasteiger partial charge in [0.2, 0.25) is 17.7 Å². The monoisotopic (exact) mass is 516 g/mol. The van der Waals surface area contributed by atoms with Crippen molar-refractivity contribution in [2.75, 3.05) is 6.61 Å². The van der Waals surface area contributed by atoms with E-state index in [2.05, 4.69) is 16.0 Å². The quantitative estimate of drug-likeness (QED) is 0.154. The fourth-order valence-electron chi connectivity index (χ4n) is 3.41. The van der Waals surface area contributed by atoms with E-state index in [9.17, 15) is 34.5 Å². The Morgan fingerprint density at radius 2 is 1.35 bits per heavy atom. The van der Waals surface area contributed by atoms with Gasteiger partial charge < -0.3 is 42.1 Å². The lowest BCUT2D eigenvalue weighted by molar-refractivity contribution is -0.143. The molecule has 0 aliphatic rings. The number of aliphatic hydroxyl groups excluding tert-OH is 2. The molecule has 0 saturated carbocycles. The number of nitrogens with one attached hydrogen (secondary N) is 3. The molecular weight excluding hydrogens is 484 g/mol. The average molecular weight is 517 g/mol. The molecule has 2 aromatic carbocycles. The van der Waals surface area contributed by atoms with E-state index in [4.69, 9.17) is 10.8 Å². The summed E-state index contributed by atoms with van der Waals surface area (Å²) in [6, 6.07) is 8.99. The van der Waals surface area contributed by atoms with Crippen LogP contribution in [-0.4, -0.2) is 81.0 Å². The third kappa shape index (κ3) is 9.18. The number of phenolic OH excluding ortho intramolecular Hbond substituents is 1. The molecule has 200 valence electrons. The van der Waals surface area contributed by atoms with Gasteiger partial charge >= 0.3 is 5.97 Å². The predicted molar refractivity (Wildman–Crippen MR) is 132 cm³/mol. The van der Waals surface area contributed by atoms with Crippen LogP contribution in [0.2, 0.25) is 0 Å². The number of amides is 3. The Morgan fingerprint density at radius 1 is 0.811 bits per heavy atom. The summed E-state index contributed by atoms with van der Waals surface area (Å²) >= 11 is 0. The van der Waals surface area contributed by atoms with Crippen LogP contribution in [0.4, 0.5) is 0 Å². The summed E-state index contributed by atoms with van der Waals surface area (Å²) in [4.78, 5) is 50.0. The van der Waals surface area contributed by atoms with E-state index in [1.54, 1.807) is 30.3 Å². The van der Waals surface area contributed by atoms with Gasteiger partial charge in [-0.1, -0.05) is 42.5 Å². The molecule has 0 radical (unpaired) electrons. The highest BCUT2D eigenvalue weighted by Crippen LogP contribution is 2.12. The maximum atomic E-state index is 13.1. The lowest BCUT2D eigenvalue weighted by atomic mass is 10.0. The van der Waals surface area contributed by atoms with Crippen LogP contribution in [0.5, 0.6) is 5.75 Å². The molecule has 5 atom stereocenters. The van der Waals surface area contributed by atoms with E-state index < -0.39 is 60.6 Å². The maximum Gasteiger partial charge on any atom is 0.326 e. The molecule has 0 aliphatic carbocycles. The smallest absolute Gasteiger partial charge is 0.326 e. The molecule has 0 spiro atoms. The molecule has 0 bridgehead atoms. The van der Waals surface area contributed by atoms with Gasteiger partial charge in [0, 0.05) is 12.8 Å². The molecule has 3 amide bonds. The van der Waals surface area contributed by atoms with Crippen LogP contribution in [0.1, 0.15) is 18.1 Å². The fraction of sp³-hybridized carbons (Fsp3) is 0.360. The van der Waals surface area contributed by atoms with Crippen LogP contribution in [0.3, 0.4) is 0 Å². The number of aliphatic carboxylic acids is 1. The molecular formula is C25H32N4O8. The minimum Gasteiger partial charge on any atom is -0.508 e. The lowest BCUT2D eigenvalue weighted by Crippen LogP contribution is -2.60. The zero-order chi connectivity index (χ0) is 27.5. The number of hydrogen-bond donors (Lipinski definition) is 8. The van der Waals surface area contributed by atoms with E-state index in [-0.39, 0.29) is 18.6 Å². The van der Waals surface area contributed by atoms with Gasteiger partial charge in [-0.25, -0.2) is 4.79 Å². The molecule has 5 unspecified atom stereocenters. The van der Waals surface area contributed by atoms with Crippen molar-refractivity contribution in [2.24, 2.45) is 5.73 Å². The number of hydrogen-bond acceptors (Lipinski definition) is 8. The molecule has 0 saturated heterocycles. The topological polar surface area (TPSA) is 211 Å². The highest BCUT2D eigenvalue weighted by atomic mass is 16.4. The van der Waals surface area contributed by atoms with Gasteiger partial charge in [0.25, 0.3) is 0 Å². The number of carboxylic acids is 1. The zero-order valence-electron chi connectivity index (χ0n) is 20.2. The Morgan fingerprint density at radius 3 is 1.89 bits per heavy atom. The molecule has 9 N–H and O–H groups in total. The zero-order valence-corrected chi connectivity index (χ0v) is 20.2. The number of carboxylic acid groups (broad SMARTS) is 1. The van der Waals surface area contributed by atoms with Crippen LogP contribution < -0.4 is 21.7 Å². The van der Waals surface area contributed by atoms with Crippen molar-refractivity contribution in [3.05, 3.63) is 65.7 Å². The maximum absolute atomic E-state index is 13.1. The summed E-state index contributed by atoms with van der Waals surface area (Å²) in [6.07, 6.45) is -1.52. The largest absolute Gasteiger partial charge is 0.508 e. The first kappa shape index (κ1) is 29.2. The minimum absolute atomic E-state index is 0.00589. The van der Waals surface area contributed by atoms with Crippen molar-refractivity contribution in [1.29, 1.82) is 0 Å². The van der Waals surface area contributed by atoms with Crippen molar-refractivity contribution in [1.82, 2.24) is 16.0 Å². The van der Waals surface area contributed by atoms with Crippen molar-refractivity contribution < 1.29 is 39.6 Å². The Kier molecular flexibility index (Phi) is 11.0. The second-order valence-electron chi connectivity index (χ2n) is 8.54. The van der Waals surface area contributed by atoms with Crippen molar-refractivity contribution in [3.63, 3.8) is 0 Å². The number of rotatable bonds is 13. The predicted octanol–water partition coefficient (Wildman–Crippen LogP) is -1.58. The van der Waals surface area contributed by atoms with Crippen LogP contribution >= 0.6 is 0 Å². The van der Waals surface area contributed by atoms with Crippen LogP contribution in [-0.2, 0) is 32.0 Å². The van der Waals surface area contributed by atoms with E-state index in [1.807, 2.05) is 0 Å². The van der Waals surface area contributed by atoms with Gasteiger partial charge in [-0.3, -0.25) is 14.4 Å². The molecule has 0 heterocycles. The molecule has 0 fully saturated rings. The Hall–Kier alpha value is -4.00. The Balaban J connectivity index is 2.18. The number of phenols is 1. The molecule has 12 heteroatoms. The summed E-state index contributed by atoms with van der Waals surface area (Å²) < 4.78 is 0. The third-order valence-electron chi connectivity index (χ3n) is 5.50. The lowest BCUT2D eigenvalue weighted by Gasteiger charge is -2.26. The summed E-state index contributed by atoms with van der Waals surface area (Å²) in [6.45, 7) is 0.592.